The first kappa shape index (κ1) is 42.3. The fourth-order valence-electron chi connectivity index (χ4n) is 5.19. The van der Waals surface area contributed by atoms with Crippen LogP contribution in [0.2, 0.25) is 0 Å². The van der Waals surface area contributed by atoms with Crippen LogP contribution in [0.1, 0.15) is 51.4 Å². The number of halogens is 6. The Morgan fingerprint density at radius 2 is 1.30 bits per heavy atom. The Bertz CT molecular complexity index is 2070. The van der Waals surface area contributed by atoms with Crippen molar-refractivity contribution in [3.63, 3.8) is 0 Å². The average Bonchev–Trinajstić information content (AvgIpc) is 3.15. The van der Waals surface area contributed by atoms with Crippen LogP contribution in [-0.2, 0) is 41.6 Å². The van der Waals surface area contributed by atoms with E-state index in [2.05, 4.69) is 10.3 Å². The number of esters is 2. The number of ether oxygens (including phenoxy) is 4. The van der Waals surface area contributed by atoms with Gasteiger partial charge < -0.3 is 29.2 Å². The molecule has 18 heteroatoms. The van der Waals surface area contributed by atoms with Gasteiger partial charge >= 0.3 is 30.4 Å². The Hall–Kier alpha value is -6.46. The van der Waals surface area contributed by atoms with E-state index in [1.54, 1.807) is 6.07 Å². The molecule has 0 spiro atoms. The van der Waals surface area contributed by atoms with Gasteiger partial charge in [0, 0.05) is 19.7 Å². The maximum Gasteiger partial charge on any atom is 0.513 e. The van der Waals surface area contributed by atoms with Gasteiger partial charge in [-0.05, 0) is 61.9 Å². The molecule has 12 nitrogen and oxygen atoms in total. The van der Waals surface area contributed by atoms with Crippen molar-refractivity contribution >= 4 is 35.6 Å². The summed E-state index contributed by atoms with van der Waals surface area (Å²) < 4.78 is 101. The number of aromatic nitrogens is 1. The molecular formula is C38H33F6N3O9. The van der Waals surface area contributed by atoms with Gasteiger partial charge in [-0.3, -0.25) is 19.2 Å². The highest BCUT2D eigenvalue weighted by molar-refractivity contribution is 6.11. The van der Waals surface area contributed by atoms with Gasteiger partial charge in [0.25, 0.3) is 11.8 Å². The fraction of sp³-hybridized carbons (Fsp3) is 0.263. The van der Waals surface area contributed by atoms with Crippen LogP contribution in [0.3, 0.4) is 0 Å². The molecule has 1 aromatic heterocycles. The lowest BCUT2D eigenvalue weighted by Crippen LogP contribution is -2.50. The zero-order valence-corrected chi connectivity index (χ0v) is 30.0. The molecule has 2 amide bonds. The summed E-state index contributed by atoms with van der Waals surface area (Å²) in [6.07, 6.45) is -11.2. The van der Waals surface area contributed by atoms with Gasteiger partial charge in [0.1, 0.15) is 18.1 Å². The summed E-state index contributed by atoms with van der Waals surface area (Å²) in [6, 6.07) is 15.1. The van der Waals surface area contributed by atoms with E-state index in [1.807, 2.05) is 0 Å². The molecule has 0 unspecified atom stereocenters. The largest absolute Gasteiger partial charge is 0.513 e. The number of pyridine rings is 1. The first-order valence-corrected chi connectivity index (χ1v) is 16.5. The highest BCUT2D eigenvalue weighted by Crippen LogP contribution is 2.35. The number of hydrogen-bond donors (Lipinski definition) is 1. The molecule has 56 heavy (non-hydrogen) atoms. The minimum absolute atomic E-state index is 0.0911. The molecule has 0 aliphatic rings. The van der Waals surface area contributed by atoms with E-state index >= 15 is 0 Å². The number of carbonyl (C=O) groups is 5. The average molecular weight is 790 g/mol. The fourth-order valence-corrected chi connectivity index (χ4v) is 5.19. The van der Waals surface area contributed by atoms with Gasteiger partial charge in [0.2, 0.25) is 5.41 Å². The normalized spacial score (nSPS) is 11.6. The van der Waals surface area contributed by atoms with Crippen molar-refractivity contribution in [1.82, 2.24) is 9.88 Å². The molecule has 0 fully saturated rings. The van der Waals surface area contributed by atoms with Gasteiger partial charge in [-0.15, -0.1) is 0 Å². The number of hydrogen-bond acceptors (Lipinski definition) is 10. The minimum Gasteiger partial charge on any atom is -0.465 e. The summed E-state index contributed by atoms with van der Waals surface area (Å²) in [6.45, 7) is 1.83. The second-order valence-electron chi connectivity index (χ2n) is 11.9. The Labute approximate surface area is 315 Å². The molecule has 1 heterocycles. The Morgan fingerprint density at radius 3 is 1.84 bits per heavy atom. The Morgan fingerprint density at radius 1 is 0.696 bits per heavy atom. The van der Waals surface area contributed by atoms with Gasteiger partial charge in [0.05, 0.1) is 41.3 Å². The maximum atomic E-state index is 13.6. The van der Waals surface area contributed by atoms with Crippen molar-refractivity contribution in [3.8, 4) is 17.0 Å². The van der Waals surface area contributed by atoms with Gasteiger partial charge in [-0.2, -0.15) is 26.3 Å². The predicted molar refractivity (Wildman–Crippen MR) is 185 cm³/mol. The number of rotatable bonds is 12. The van der Waals surface area contributed by atoms with Crippen LogP contribution >= 0.6 is 0 Å². The number of nitrogens with one attached hydrogen (secondary N) is 1. The highest BCUT2D eigenvalue weighted by Gasteiger charge is 2.52. The molecule has 0 saturated carbocycles. The van der Waals surface area contributed by atoms with E-state index in [0.29, 0.717) is 18.2 Å². The van der Waals surface area contributed by atoms with E-state index in [9.17, 15) is 50.3 Å². The first-order chi connectivity index (χ1) is 26.3. The van der Waals surface area contributed by atoms with E-state index in [-0.39, 0.29) is 41.3 Å². The van der Waals surface area contributed by atoms with Crippen molar-refractivity contribution in [1.29, 1.82) is 0 Å². The lowest BCUT2D eigenvalue weighted by Gasteiger charge is -2.28. The molecular weight excluding hydrogens is 756 g/mol. The van der Waals surface area contributed by atoms with Crippen LogP contribution in [0, 0.1) is 0 Å². The minimum atomic E-state index is -4.97. The number of amides is 2. The smallest absolute Gasteiger partial charge is 0.465 e. The number of anilines is 1. The van der Waals surface area contributed by atoms with Crippen LogP contribution in [-0.4, -0.2) is 73.7 Å². The second-order valence-corrected chi connectivity index (χ2v) is 11.9. The molecule has 0 bridgehead atoms. The SMILES string of the molecule is CCOC(=O)C(COC(=O)Oc1ccc(NC(=O)c2ccc(C(F)(F)F)nc2-c2ccc(C(F)(F)F)cc2)c(C(=O)N(C)C)c1)(C(=O)OCC)c1ccccc1. The van der Waals surface area contributed by atoms with Crippen molar-refractivity contribution in [2.75, 3.05) is 39.2 Å². The molecule has 0 saturated heterocycles. The van der Waals surface area contributed by atoms with Crippen LogP contribution in [0.25, 0.3) is 11.3 Å². The van der Waals surface area contributed by atoms with Crippen molar-refractivity contribution in [2.24, 2.45) is 0 Å². The molecule has 4 rings (SSSR count). The number of alkyl halides is 6. The van der Waals surface area contributed by atoms with E-state index in [1.165, 1.54) is 52.2 Å². The topological polar surface area (TPSA) is 150 Å². The summed E-state index contributed by atoms with van der Waals surface area (Å²) in [5.41, 5.74) is -6.53. The van der Waals surface area contributed by atoms with E-state index in [0.717, 1.165) is 41.3 Å². The summed E-state index contributed by atoms with van der Waals surface area (Å²) in [5.74, 6) is -4.31. The second kappa shape index (κ2) is 17.3. The highest BCUT2D eigenvalue weighted by atomic mass is 19.4. The Balaban J connectivity index is 1.66. The summed E-state index contributed by atoms with van der Waals surface area (Å²) >= 11 is 0. The third kappa shape index (κ3) is 9.60. The molecule has 0 atom stereocenters. The van der Waals surface area contributed by atoms with Crippen molar-refractivity contribution in [3.05, 3.63) is 113 Å². The van der Waals surface area contributed by atoms with Gasteiger partial charge in [-0.1, -0.05) is 42.5 Å². The summed E-state index contributed by atoms with van der Waals surface area (Å²) in [7, 11) is 2.71. The standard InChI is InChI=1S/C38H33F6N3O9/c1-5-53-33(50)36(34(51)54-6-2,23-10-8-7-9-11-23)21-55-35(52)56-25-16-18-28(27(20-25)32(49)47(3)4)45-31(48)26-17-19-29(38(42,43)44)46-30(26)22-12-14-24(15-13-22)37(39,40)41/h7-20H,5-6,21H2,1-4H3,(H,45,48). The number of carbonyl (C=O) groups excluding carboxylic acids is 5. The molecule has 0 aliphatic heterocycles. The molecule has 0 radical (unpaired) electrons. The third-order valence-corrected chi connectivity index (χ3v) is 7.91. The Kier molecular flexibility index (Phi) is 13.1. The zero-order valence-electron chi connectivity index (χ0n) is 30.0. The third-order valence-electron chi connectivity index (χ3n) is 7.91. The van der Waals surface area contributed by atoms with E-state index in [4.69, 9.17) is 18.9 Å². The molecule has 4 aromatic rings. The molecule has 3 aromatic carbocycles. The van der Waals surface area contributed by atoms with Crippen LogP contribution < -0.4 is 10.1 Å². The summed E-state index contributed by atoms with van der Waals surface area (Å²) in [4.78, 5) is 70.9. The molecule has 1 N–H and O–H groups in total. The van der Waals surface area contributed by atoms with Gasteiger partial charge in [-0.25, -0.2) is 9.78 Å². The van der Waals surface area contributed by atoms with Crippen LogP contribution in [0.4, 0.5) is 36.8 Å². The van der Waals surface area contributed by atoms with E-state index < -0.39 is 76.8 Å². The van der Waals surface area contributed by atoms with Crippen LogP contribution in [0.5, 0.6) is 5.75 Å². The number of nitrogens with zero attached hydrogens (tertiary/aromatic N) is 2. The number of benzene rings is 3. The monoisotopic (exact) mass is 789 g/mol. The van der Waals surface area contributed by atoms with Crippen molar-refractivity contribution in [2.45, 2.75) is 31.6 Å². The lowest BCUT2D eigenvalue weighted by molar-refractivity contribution is -0.167. The predicted octanol–water partition coefficient (Wildman–Crippen LogP) is 7.32. The van der Waals surface area contributed by atoms with Crippen molar-refractivity contribution < 1.29 is 69.3 Å². The molecule has 296 valence electrons. The van der Waals surface area contributed by atoms with Crippen LogP contribution in [0.15, 0.2) is 84.9 Å². The quantitative estimate of drug-likeness (QED) is 0.0509. The summed E-state index contributed by atoms with van der Waals surface area (Å²) in [5, 5.41) is 2.40. The lowest BCUT2D eigenvalue weighted by atomic mass is 9.81. The molecule has 0 aliphatic carbocycles. The zero-order chi connectivity index (χ0) is 41.4. The maximum absolute atomic E-state index is 13.6. The van der Waals surface area contributed by atoms with Gasteiger partial charge in [0.15, 0.2) is 0 Å². The first-order valence-electron chi connectivity index (χ1n) is 16.5.